The lowest BCUT2D eigenvalue weighted by Crippen LogP contribution is -2.13. The third-order valence-corrected chi connectivity index (χ3v) is 5.10. The number of carbonyl (C=O) groups is 2. The van der Waals surface area contributed by atoms with Crippen LogP contribution in [0.3, 0.4) is 0 Å². The number of nitro benzene ring substituents is 1. The molecule has 6 nitrogen and oxygen atoms in total. The maximum absolute atomic E-state index is 13.0. The van der Waals surface area contributed by atoms with Crippen molar-refractivity contribution in [1.82, 2.24) is 0 Å². The lowest BCUT2D eigenvalue weighted by molar-refractivity contribution is -0.387. The Hall–Kier alpha value is -3.52. The van der Waals surface area contributed by atoms with Gasteiger partial charge in [0.05, 0.1) is 15.4 Å². The van der Waals surface area contributed by atoms with Crippen LogP contribution in [0.1, 0.15) is 31.8 Å². The van der Waals surface area contributed by atoms with Gasteiger partial charge in [0.1, 0.15) is 12.4 Å². The van der Waals surface area contributed by atoms with Crippen LogP contribution in [0.4, 0.5) is 10.1 Å². The van der Waals surface area contributed by atoms with Gasteiger partial charge in [-0.1, -0.05) is 30.3 Å². The molecule has 0 unspecified atom stereocenters. The highest BCUT2D eigenvalue weighted by molar-refractivity contribution is 7.98. The lowest BCUT2D eigenvalue weighted by atomic mass is 9.98. The number of benzene rings is 3. The molecule has 30 heavy (non-hydrogen) atoms. The van der Waals surface area contributed by atoms with Crippen molar-refractivity contribution in [2.45, 2.75) is 11.5 Å². The first kappa shape index (κ1) is 21.2. The molecule has 3 aromatic carbocycles. The smallest absolute Gasteiger partial charge is 0.339 e. The summed E-state index contributed by atoms with van der Waals surface area (Å²) in [7, 11) is 0. The zero-order valence-corrected chi connectivity index (χ0v) is 16.6. The maximum Gasteiger partial charge on any atom is 0.339 e. The molecule has 3 aromatic rings. The van der Waals surface area contributed by atoms with Crippen LogP contribution in [0.5, 0.6) is 0 Å². The fraction of sp³-hybridized carbons (Fsp3) is 0.0909. The summed E-state index contributed by atoms with van der Waals surface area (Å²) < 4.78 is 18.2. The summed E-state index contributed by atoms with van der Waals surface area (Å²) in [6, 6.07) is 15.8. The van der Waals surface area contributed by atoms with Gasteiger partial charge < -0.3 is 4.74 Å². The Kier molecular flexibility index (Phi) is 6.58. The largest absolute Gasteiger partial charge is 0.457 e. The molecule has 0 heterocycles. The van der Waals surface area contributed by atoms with E-state index in [0.29, 0.717) is 10.5 Å². The molecule has 0 fully saturated rings. The first-order chi connectivity index (χ1) is 14.4. The minimum atomic E-state index is -0.724. The van der Waals surface area contributed by atoms with Gasteiger partial charge in [-0.2, -0.15) is 0 Å². The predicted molar refractivity (Wildman–Crippen MR) is 110 cm³/mol. The molecule has 0 spiro atoms. The van der Waals surface area contributed by atoms with E-state index in [0.717, 1.165) is 0 Å². The van der Waals surface area contributed by atoms with Crippen molar-refractivity contribution in [1.29, 1.82) is 0 Å². The molecule has 0 atom stereocenters. The molecule has 0 aliphatic rings. The molecular weight excluding hydrogens is 409 g/mol. The molecule has 152 valence electrons. The summed E-state index contributed by atoms with van der Waals surface area (Å²) in [5.74, 6) is -1.65. The molecule has 0 saturated carbocycles. The Morgan fingerprint density at radius 2 is 1.70 bits per heavy atom. The number of nitro groups is 1. The lowest BCUT2D eigenvalue weighted by Gasteiger charge is -2.10. The minimum absolute atomic E-state index is 0.0428. The summed E-state index contributed by atoms with van der Waals surface area (Å²) in [5.41, 5.74) is 0.633. The van der Waals surface area contributed by atoms with Gasteiger partial charge in [0.25, 0.3) is 5.69 Å². The highest BCUT2D eigenvalue weighted by Gasteiger charge is 2.22. The number of rotatable bonds is 7. The second-order valence-corrected chi connectivity index (χ2v) is 7.07. The van der Waals surface area contributed by atoms with E-state index < -0.39 is 22.5 Å². The Morgan fingerprint density at radius 3 is 2.33 bits per heavy atom. The summed E-state index contributed by atoms with van der Waals surface area (Å²) in [6.07, 6.45) is 1.70. The van der Waals surface area contributed by atoms with Gasteiger partial charge in [-0.15, -0.1) is 11.8 Å². The van der Waals surface area contributed by atoms with Gasteiger partial charge in [-0.3, -0.25) is 14.9 Å². The molecule has 0 amide bonds. The molecule has 0 aromatic heterocycles. The highest BCUT2D eigenvalue weighted by Crippen LogP contribution is 2.29. The Labute approximate surface area is 175 Å². The number of halogens is 1. The first-order valence-corrected chi connectivity index (χ1v) is 10.0. The van der Waals surface area contributed by atoms with Crippen LogP contribution in [0.2, 0.25) is 0 Å². The average Bonchev–Trinajstić information content (AvgIpc) is 2.77. The van der Waals surface area contributed by atoms with Crippen LogP contribution < -0.4 is 0 Å². The minimum Gasteiger partial charge on any atom is -0.457 e. The van der Waals surface area contributed by atoms with Crippen LogP contribution in [-0.4, -0.2) is 22.9 Å². The monoisotopic (exact) mass is 425 g/mol. The van der Waals surface area contributed by atoms with Crippen LogP contribution in [-0.2, 0) is 11.3 Å². The van der Waals surface area contributed by atoms with E-state index in [1.54, 1.807) is 18.4 Å². The topological polar surface area (TPSA) is 86.5 Å². The van der Waals surface area contributed by atoms with Gasteiger partial charge in [0.15, 0.2) is 5.78 Å². The SMILES string of the molecule is CSc1ccc(C(=O)c2ccccc2C(=O)OCc2ccc(F)cc2)cc1[N+](=O)[O-]. The molecule has 0 aliphatic heterocycles. The van der Waals surface area contributed by atoms with E-state index in [9.17, 15) is 24.1 Å². The number of hydrogen-bond donors (Lipinski definition) is 0. The van der Waals surface area contributed by atoms with E-state index in [2.05, 4.69) is 0 Å². The van der Waals surface area contributed by atoms with Crippen molar-refractivity contribution in [3.63, 3.8) is 0 Å². The van der Waals surface area contributed by atoms with E-state index in [1.807, 2.05) is 0 Å². The number of thioether (sulfide) groups is 1. The highest BCUT2D eigenvalue weighted by atomic mass is 32.2. The molecule has 3 rings (SSSR count). The molecule has 0 saturated heterocycles. The molecular formula is C22H16FNO5S. The molecule has 0 N–H and O–H groups in total. The number of esters is 1. The van der Waals surface area contributed by atoms with Crippen molar-refractivity contribution in [3.05, 3.63) is 105 Å². The van der Waals surface area contributed by atoms with Crippen LogP contribution >= 0.6 is 11.8 Å². The third-order valence-electron chi connectivity index (χ3n) is 4.31. The number of nitrogens with zero attached hydrogens (tertiary/aromatic N) is 1. The predicted octanol–water partition coefficient (Wildman–Crippen LogP) is 5.04. The van der Waals surface area contributed by atoms with Crippen LogP contribution in [0.15, 0.2) is 71.6 Å². The second kappa shape index (κ2) is 9.32. The number of hydrogen-bond acceptors (Lipinski definition) is 6. The van der Waals surface area contributed by atoms with Gasteiger partial charge >= 0.3 is 5.97 Å². The van der Waals surface area contributed by atoms with Crippen molar-refractivity contribution >= 4 is 29.2 Å². The van der Waals surface area contributed by atoms with E-state index in [-0.39, 0.29) is 29.0 Å². The first-order valence-electron chi connectivity index (χ1n) is 8.78. The van der Waals surface area contributed by atoms with Crippen LogP contribution in [0.25, 0.3) is 0 Å². The van der Waals surface area contributed by atoms with E-state index in [1.165, 1.54) is 66.4 Å². The molecule has 0 aliphatic carbocycles. The molecule has 8 heteroatoms. The summed E-state index contributed by atoms with van der Waals surface area (Å²) in [4.78, 5) is 36.7. The van der Waals surface area contributed by atoms with Gasteiger partial charge in [0.2, 0.25) is 0 Å². The molecule has 0 radical (unpaired) electrons. The summed E-state index contributed by atoms with van der Waals surface area (Å²) in [6.45, 7) is -0.0878. The second-order valence-electron chi connectivity index (χ2n) is 6.22. The van der Waals surface area contributed by atoms with Gasteiger partial charge in [0, 0.05) is 17.2 Å². The van der Waals surface area contributed by atoms with Crippen molar-refractivity contribution in [2.24, 2.45) is 0 Å². The van der Waals surface area contributed by atoms with Crippen molar-refractivity contribution < 1.29 is 23.6 Å². The number of ether oxygens (including phenoxy) is 1. The number of ketones is 1. The molecule has 0 bridgehead atoms. The standard InChI is InChI=1S/C22H16FNO5S/c1-30-20-11-8-15(12-19(20)24(27)28)21(25)17-4-2-3-5-18(17)22(26)29-13-14-6-9-16(23)10-7-14/h2-12H,13H2,1H3. The van der Waals surface area contributed by atoms with Crippen molar-refractivity contribution in [2.75, 3.05) is 6.26 Å². The fourth-order valence-electron chi connectivity index (χ4n) is 2.80. The fourth-order valence-corrected chi connectivity index (χ4v) is 3.34. The Bertz CT molecular complexity index is 1110. The quantitative estimate of drug-likeness (QED) is 0.173. The maximum atomic E-state index is 13.0. The average molecular weight is 425 g/mol. The summed E-state index contributed by atoms with van der Waals surface area (Å²) in [5, 5.41) is 11.3. The zero-order valence-electron chi connectivity index (χ0n) is 15.8. The third kappa shape index (κ3) is 4.72. The Balaban J connectivity index is 1.86. The van der Waals surface area contributed by atoms with E-state index in [4.69, 9.17) is 4.74 Å². The van der Waals surface area contributed by atoms with Crippen molar-refractivity contribution in [3.8, 4) is 0 Å². The van der Waals surface area contributed by atoms with Crippen LogP contribution in [0, 0.1) is 15.9 Å². The van der Waals surface area contributed by atoms with Gasteiger partial charge in [-0.25, -0.2) is 9.18 Å². The number of carbonyl (C=O) groups excluding carboxylic acids is 2. The normalized spacial score (nSPS) is 10.5. The Morgan fingerprint density at radius 1 is 1.03 bits per heavy atom. The van der Waals surface area contributed by atoms with Gasteiger partial charge in [-0.05, 0) is 42.2 Å². The summed E-state index contributed by atoms with van der Waals surface area (Å²) >= 11 is 1.20. The zero-order chi connectivity index (χ0) is 21.7. The van der Waals surface area contributed by atoms with E-state index >= 15 is 0 Å².